The zero-order valence-corrected chi connectivity index (χ0v) is 22.9. The van der Waals surface area contributed by atoms with Gasteiger partial charge in [0, 0.05) is 32.9 Å². The number of fused-ring (bicyclic) bond motifs is 8. The lowest BCUT2D eigenvalue weighted by atomic mass is 10.0. The molecule has 0 N–H and O–H groups in total. The zero-order chi connectivity index (χ0) is 27.6. The normalized spacial score (nSPS) is 11.8. The van der Waals surface area contributed by atoms with Gasteiger partial charge in [-0.1, -0.05) is 103 Å². The van der Waals surface area contributed by atoms with Crippen LogP contribution in [0.3, 0.4) is 0 Å². The lowest BCUT2D eigenvalue weighted by Gasteiger charge is -2.11. The molecule has 9 rings (SSSR count). The van der Waals surface area contributed by atoms with Gasteiger partial charge in [0.05, 0.1) is 22.1 Å². The summed E-state index contributed by atoms with van der Waals surface area (Å²) in [5, 5.41) is 7.66. The topological polar surface area (TPSA) is 9.86 Å². The predicted molar refractivity (Wildman–Crippen MR) is 178 cm³/mol. The molecule has 9 aromatic rings. The number of hydrogen-bond acceptors (Lipinski definition) is 0. The van der Waals surface area contributed by atoms with E-state index in [0.717, 1.165) is 5.69 Å². The Morgan fingerprint density at radius 2 is 0.857 bits per heavy atom. The van der Waals surface area contributed by atoms with Crippen molar-refractivity contribution in [3.05, 3.63) is 158 Å². The summed E-state index contributed by atoms with van der Waals surface area (Å²) in [6.45, 7) is 0. The quantitative estimate of drug-likeness (QED) is 0.213. The molecule has 196 valence electrons. The fraction of sp³-hybridized carbons (Fsp3) is 0. The highest BCUT2D eigenvalue weighted by molar-refractivity contribution is 6.28. The summed E-state index contributed by atoms with van der Waals surface area (Å²) in [6, 6.07) is 57.2. The van der Waals surface area contributed by atoms with E-state index in [4.69, 9.17) is 0 Å². The number of nitrogens with zero attached hydrogens (tertiary/aromatic N) is 2. The lowest BCUT2D eigenvalue weighted by molar-refractivity contribution is 1.17. The highest BCUT2D eigenvalue weighted by atomic mass is 15.0. The van der Waals surface area contributed by atoms with Crippen LogP contribution in [0.4, 0.5) is 0 Å². The Labute approximate surface area is 243 Å². The third kappa shape index (κ3) is 3.33. The minimum absolute atomic E-state index is 1.16. The van der Waals surface area contributed by atoms with Crippen molar-refractivity contribution in [2.24, 2.45) is 0 Å². The van der Waals surface area contributed by atoms with Gasteiger partial charge in [-0.05, 0) is 76.5 Å². The second kappa shape index (κ2) is 8.95. The molecule has 2 aromatic heterocycles. The van der Waals surface area contributed by atoms with Gasteiger partial charge in [0.15, 0.2) is 0 Å². The minimum atomic E-state index is 1.16. The fourth-order valence-electron chi connectivity index (χ4n) is 6.85. The van der Waals surface area contributed by atoms with Crippen molar-refractivity contribution in [3.63, 3.8) is 0 Å². The highest BCUT2D eigenvalue weighted by Gasteiger charge is 2.20. The van der Waals surface area contributed by atoms with Crippen LogP contribution in [0.15, 0.2) is 158 Å². The Balaban J connectivity index is 1.35. The van der Waals surface area contributed by atoms with Crippen LogP contribution >= 0.6 is 0 Å². The molecule has 0 unspecified atom stereocenters. The van der Waals surface area contributed by atoms with Gasteiger partial charge in [0.25, 0.3) is 0 Å². The highest BCUT2D eigenvalue weighted by Crippen LogP contribution is 2.42. The van der Waals surface area contributed by atoms with Crippen molar-refractivity contribution < 1.29 is 0 Å². The Morgan fingerprint density at radius 3 is 1.57 bits per heavy atom. The number of para-hydroxylation sites is 3. The zero-order valence-electron chi connectivity index (χ0n) is 22.9. The molecule has 0 saturated heterocycles. The molecule has 0 saturated carbocycles. The van der Waals surface area contributed by atoms with Gasteiger partial charge in [-0.25, -0.2) is 0 Å². The van der Waals surface area contributed by atoms with Crippen molar-refractivity contribution in [1.82, 2.24) is 9.13 Å². The van der Waals surface area contributed by atoms with E-state index in [0.29, 0.717) is 0 Å². The van der Waals surface area contributed by atoms with Crippen molar-refractivity contribution >= 4 is 54.4 Å². The first-order valence-electron chi connectivity index (χ1n) is 14.5. The van der Waals surface area contributed by atoms with Crippen LogP contribution in [-0.4, -0.2) is 9.13 Å². The molecule has 0 radical (unpaired) electrons. The second-order valence-electron chi connectivity index (χ2n) is 11.0. The fourth-order valence-corrected chi connectivity index (χ4v) is 6.85. The third-order valence-corrected chi connectivity index (χ3v) is 8.67. The van der Waals surface area contributed by atoms with Crippen LogP contribution in [0, 0.1) is 0 Å². The smallest absolute Gasteiger partial charge is 0.0548 e. The molecular weight excluding hydrogens is 508 g/mol. The number of rotatable bonds is 3. The SMILES string of the molecule is c1ccc(-n2c3ccccc3c3c4c5ccccc5n(-c5cccc(-c6ccc7ccccc7c6)c5)c4ccc32)cc1. The monoisotopic (exact) mass is 534 g/mol. The maximum Gasteiger partial charge on any atom is 0.0548 e. The molecule has 2 heteroatoms. The van der Waals surface area contributed by atoms with E-state index in [1.54, 1.807) is 0 Å². The summed E-state index contributed by atoms with van der Waals surface area (Å²) in [5.41, 5.74) is 9.66. The molecule has 2 nitrogen and oxygen atoms in total. The molecule has 0 fully saturated rings. The van der Waals surface area contributed by atoms with Gasteiger partial charge in [-0.15, -0.1) is 0 Å². The summed E-state index contributed by atoms with van der Waals surface area (Å²) in [4.78, 5) is 0. The first kappa shape index (κ1) is 23.1. The van der Waals surface area contributed by atoms with Crippen LogP contribution in [0.5, 0.6) is 0 Å². The number of aromatic nitrogens is 2. The van der Waals surface area contributed by atoms with Crippen molar-refractivity contribution in [1.29, 1.82) is 0 Å². The van der Waals surface area contributed by atoms with Crippen LogP contribution in [0.25, 0.3) is 76.9 Å². The maximum absolute atomic E-state index is 2.43. The summed E-state index contributed by atoms with van der Waals surface area (Å²) >= 11 is 0. The third-order valence-electron chi connectivity index (χ3n) is 8.67. The predicted octanol–water partition coefficient (Wildman–Crippen LogP) is 10.7. The van der Waals surface area contributed by atoms with E-state index in [1.165, 1.54) is 71.2 Å². The van der Waals surface area contributed by atoms with Crippen molar-refractivity contribution in [3.8, 4) is 22.5 Å². The van der Waals surface area contributed by atoms with E-state index in [2.05, 4.69) is 167 Å². The van der Waals surface area contributed by atoms with Crippen molar-refractivity contribution in [2.45, 2.75) is 0 Å². The first-order valence-corrected chi connectivity index (χ1v) is 14.5. The van der Waals surface area contributed by atoms with Crippen LogP contribution < -0.4 is 0 Å². The molecular formula is C40H26N2. The first-order chi connectivity index (χ1) is 20.8. The van der Waals surface area contributed by atoms with Gasteiger partial charge in [0.1, 0.15) is 0 Å². The molecule has 0 aliphatic rings. The molecule has 0 aliphatic carbocycles. The standard InChI is InChI=1S/C40H26N2/c1-2-14-31(15-3-1)41-35-19-8-6-17-33(35)39-37(41)23-24-38-40(39)34-18-7-9-20-36(34)42(38)32-16-10-13-29(26-32)30-22-21-27-11-4-5-12-28(27)25-30/h1-26H. The van der Waals surface area contributed by atoms with Gasteiger partial charge in [-0.2, -0.15) is 0 Å². The van der Waals surface area contributed by atoms with E-state index >= 15 is 0 Å². The maximum atomic E-state index is 2.43. The van der Waals surface area contributed by atoms with Crippen LogP contribution in [-0.2, 0) is 0 Å². The molecule has 0 aliphatic heterocycles. The van der Waals surface area contributed by atoms with Gasteiger partial charge in [-0.3, -0.25) is 0 Å². The Bertz CT molecular complexity index is 2460. The Kier molecular flexibility index (Phi) is 4.93. The summed E-state index contributed by atoms with van der Waals surface area (Å²) in [7, 11) is 0. The van der Waals surface area contributed by atoms with E-state index < -0.39 is 0 Å². The van der Waals surface area contributed by atoms with E-state index in [9.17, 15) is 0 Å². The average Bonchev–Trinajstić information content (AvgIpc) is 3.58. The molecule has 2 heterocycles. The summed E-state index contributed by atoms with van der Waals surface area (Å²) in [5.74, 6) is 0. The molecule has 0 bridgehead atoms. The van der Waals surface area contributed by atoms with Crippen LogP contribution in [0.1, 0.15) is 0 Å². The number of benzene rings is 7. The van der Waals surface area contributed by atoms with Gasteiger partial charge in [0.2, 0.25) is 0 Å². The molecule has 0 spiro atoms. The average molecular weight is 535 g/mol. The van der Waals surface area contributed by atoms with Gasteiger partial charge >= 0.3 is 0 Å². The number of hydrogen-bond donors (Lipinski definition) is 0. The Morgan fingerprint density at radius 1 is 0.310 bits per heavy atom. The Hall–Kier alpha value is -5.60. The van der Waals surface area contributed by atoms with E-state index in [-0.39, 0.29) is 0 Å². The second-order valence-corrected chi connectivity index (χ2v) is 11.0. The largest absolute Gasteiger partial charge is 0.309 e. The van der Waals surface area contributed by atoms with Gasteiger partial charge < -0.3 is 9.13 Å². The molecule has 7 aromatic carbocycles. The molecule has 42 heavy (non-hydrogen) atoms. The summed E-state index contributed by atoms with van der Waals surface area (Å²) < 4.78 is 4.83. The molecule has 0 atom stereocenters. The van der Waals surface area contributed by atoms with E-state index in [1.807, 2.05) is 0 Å². The van der Waals surface area contributed by atoms with Crippen molar-refractivity contribution in [2.75, 3.05) is 0 Å². The molecule has 0 amide bonds. The lowest BCUT2D eigenvalue weighted by Crippen LogP contribution is -1.95. The minimum Gasteiger partial charge on any atom is -0.309 e. The summed E-state index contributed by atoms with van der Waals surface area (Å²) in [6.07, 6.45) is 0. The van der Waals surface area contributed by atoms with Crippen LogP contribution in [0.2, 0.25) is 0 Å².